The SMILES string of the molecule is C=CCN(CC(=O)Nc1cc(C)on1)C(=O)Nc1cccc(C)c1C. The van der Waals surface area contributed by atoms with Crippen LogP contribution in [0.4, 0.5) is 16.3 Å². The van der Waals surface area contributed by atoms with Gasteiger partial charge < -0.3 is 20.1 Å². The average Bonchev–Trinajstić information content (AvgIpc) is 2.96. The number of aryl methyl sites for hydroxylation is 2. The van der Waals surface area contributed by atoms with Crippen molar-refractivity contribution in [2.24, 2.45) is 0 Å². The number of urea groups is 1. The summed E-state index contributed by atoms with van der Waals surface area (Å²) < 4.78 is 4.89. The van der Waals surface area contributed by atoms with Crippen LogP contribution in [0.2, 0.25) is 0 Å². The van der Waals surface area contributed by atoms with Crippen molar-refractivity contribution in [2.45, 2.75) is 20.8 Å². The van der Waals surface area contributed by atoms with E-state index in [1.165, 1.54) is 4.90 Å². The molecule has 7 nitrogen and oxygen atoms in total. The van der Waals surface area contributed by atoms with Crippen LogP contribution in [0, 0.1) is 20.8 Å². The summed E-state index contributed by atoms with van der Waals surface area (Å²) in [5.41, 5.74) is 2.77. The van der Waals surface area contributed by atoms with Crippen LogP contribution in [0.25, 0.3) is 0 Å². The molecule has 0 saturated carbocycles. The van der Waals surface area contributed by atoms with E-state index in [0.717, 1.165) is 11.1 Å². The molecule has 1 aromatic heterocycles. The number of hydrogen-bond acceptors (Lipinski definition) is 4. The summed E-state index contributed by atoms with van der Waals surface area (Å²) >= 11 is 0. The van der Waals surface area contributed by atoms with Gasteiger partial charge in [-0.2, -0.15) is 0 Å². The van der Waals surface area contributed by atoms with Gasteiger partial charge in [0, 0.05) is 18.3 Å². The fourth-order valence-corrected chi connectivity index (χ4v) is 2.24. The van der Waals surface area contributed by atoms with Crippen molar-refractivity contribution in [3.05, 3.63) is 53.8 Å². The summed E-state index contributed by atoms with van der Waals surface area (Å²) in [7, 11) is 0. The molecule has 0 fully saturated rings. The highest BCUT2D eigenvalue weighted by Gasteiger charge is 2.18. The fourth-order valence-electron chi connectivity index (χ4n) is 2.24. The lowest BCUT2D eigenvalue weighted by Crippen LogP contribution is -2.40. The van der Waals surface area contributed by atoms with Crippen molar-refractivity contribution in [1.82, 2.24) is 10.1 Å². The third-order valence-corrected chi connectivity index (χ3v) is 3.71. The first-order chi connectivity index (χ1) is 11.9. The molecule has 2 rings (SSSR count). The van der Waals surface area contributed by atoms with E-state index in [2.05, 4.69) is 22.4 Å². The van der Waals surface area contributed by atoms with Crippen molar-refractivity contribution < 1.29 is 14.1 Å². The lowest BCUT2D eigenvalue weighted by molar-refractivity contribution is -0.116. The van der Waals surface area contributed by atoms with Crippen LogP contribution >= 0.6 is 0 Å². The van der Waals surface area contributed by atoms with Crippen LogP contribution in [0.15, 0.2) is 41.4 Å². The minimum Gasteiger partial charge on any atom is -0.360 e. The maximum atomic E-state index is 12.5. The number of carbonyl (C=O) groups is 2. The first-order valence-electron chi connectivity index (χ1n) is 7.87. The van der Waals surface area contributed by atoms with Gasteiger partial charge in [0.15, 0.2) is 5.82 Å². The molecule has 1 heterocycles. The summed E-state index contributed by atoms with van der Waals surface area (Å²) in [5, 5.41) is 9.12. The number of benzene rings is 1. The second-order valence-corrected chi connectivity index (χ2v) is 5.72. The van der Waals surface area contributed by atoms with Gasteiger partial charge in [-0.3, -0.25) is 4.79 Å². The smallest absolute Gasteiger partial charge is 0.322 e. The molecule has 0 radical (unpaired) electrons. The number of nitrogens with zero attached hydrogens (tertiary/aromatic N) is 2. The Labute approximate surface area is 146 Å². The minimum atomic E-state index is -0.375. The van der Waals surface area contributed by atoms with Gasteiger partial charge >= 0.3 is 6.03 Å². The summed E-state index contributed by atoms with van der Waals surface area (Å²) in [6.07, 6.45) is 1.57. The maximum absolute atomic E-state index is 12.5. The Morgan fingerprint density at radius 2 is 2.04 bits per heavy atom. The van der Waals surface area contributed by atoms with Crippen LogP contribution in [0.1, 0.15) is 16.9 Å². The standard InChI is InChI=1S/C18H22N4O3/c1-5-9-22(11-17(23)20-16-10-13(3)25-21-16)18(24)19-15-8-6-7-12(2)14(15)4/h5-8,10H,1,9,11H2,2-4H3,(H,19,24)(H,20,21,23). The monoisotopic (exact) mass is 342 g/mol. The molecule has 132 valence electrons. The van der Waals surface area contributed by atoms with Crippen molar-refractivity contribution in [3.63, 3.8) is 0 Å². The first kappa shape index (κ1) is 18.3. The Kier molecular flexibility index (Phi) is 5.94. The largest absolute Gasteiger partial charge is 0.360 e. The molecule has 0 aliphatic rings. The van der Waals surface area contributed by atoms with Crippen LogP contribution in [0.5, 0.6) is 0 Å². The summed E-state index contributed by atoms with van der Waals surface area (Å²) in [6.45, 7) is 9.37. The highest BCUT2D eigenvalue weighted by atomic mass is 16.5. The molecule has 25 heavy (non-hydrogen) atoms. The van der Waals surface area contributed by atoms with Gasteiger partial charge in [0.05, 0.1) is 0 Å². The Balaban J connectivity index is 2.03. The van der Waals surface area contributed by atoms with E-state index in [9.17, 15) is 9.59 Å². The van der Waals surface area contributed by atoms with Gasteiger partial charge in [-0.1, -0.05) is 23.4 Å². The molecule has 0 atom stereocenters. The van der Waals surface area contributed by atoms with Crippen LogP contribution in [-0.2, 0) is 4.79 Å². The number of amides is 3. The Hall–Kier alpha value is -3.09. The van der Waals surface area contributed by atoms with Gasteiger partial charge in [-0.05, 0) is 38.0 Å². The van der Waals surface area contributed by atoms with Gasteiger partial charge in [0.1, 0.15) is 12.3 Å². The van der Waals surface area contributed by atoms with E-state index in [-0.39, 0.29) is 25.0 Å². The topological polar surface area (TPSA) is 87.5 Å². The Morgan fingerprint density at radius 3 is 2.68 bits per heavy atom. The predicted octanol–water partition coefficient (Wildman–Crippen LogP) is 3.26. The predicted molar refractivity (Wildman–Crippen MR) is 96.6 cm³/mol. The molecule has 0 aliphatic carbocycles. The zero-order valence-corrected chi connectivity index (χ0v) is 14.6. The first-order valence-corrected chi connectivity index (χ1v) is 7.87. The van der Waals surface area contributed by atoms with Crippen LogP contribution in [0.3, 0.4) is 0 Å². The molecule has 3 amide bonds. The van der Waals surface area contributed by atoms with Gasteiger partial charge in [-0.25, -0.2) is 4.79 Å². The van der Waals surface area contributed by atoms with E-state index >= 15 is 0 Å². The van der Waals surface area contributed by atoms with Crippen molar-refractivity contribution in [2.75, 3.05) is 23.7 Å². The van der Waals surface area contributed by atoms with Crippen LogP contribution in [-0.4, -0.2) is 35.1 Å². The zero-order chi connectivity index (χ0) is 18.4. The molecule has 7 heteroatoms. The number of anilines is 2. The number of carbonyl (C=O) groups excluding carboxylic acids is 2. The molecule has 0 aliphatic heterocycles. The highest BCUT2D eigenvalue weighted by Crippen LogP contribution is 2.18. The van der Waals surface area contributed by atoms with Crippen molar-refractivity contribution in [3.8, 4) is 0 Å². The Morgan fingerprint density at radius 1 is 1.28 bits per heavy atom. The molecule has 1 aromatic carbocycles. The van der Waals surface area contributed by atoms with Gasteiger partial charge in [0.2, 0.25) is 5.91 Å². The molecule has 0 spiro atoms. The van der Waals surface area contributed by atoms with Crippen molar-refractivity contribution in [1.29, 1.82) is 0 Å². The number of nitrogens with one attached hydrogen (secondary N) is 2. The van der Waals surface area contributed by atoms with Crippen molar-refractivity contribution >= 4 is 23.4 Å². The second kappa shape index (κ2) is 8.14. The van der Waals surface area contributed by atoms with Gasteiger partial charge in [0.25, 0.3) is 0 Å². The lowest BCUT2D eigenvalue weighted by atomic mass is 10.1. The fraction of sp³-hybridized carbons (Fsp3) is 0.278. The summed E-state index contributed by atoms with van der Waals surface area (Å²) in [5.74, 6) is 0.535. The number of aromatic nitrogens is 1. The van der Waals surface area contributed by atoms with Gasteiger partial charge in [-0.15, -0.1) is 6.58 Å². The molecular weight excluding hydrogens is 320 g/mol. The van der Waals surface area contributed by atoms with E-state index < -0.39 is 0 Å². The normalized spacial score (nSPS) is 10.2. The summed E-state index contributed by atoms with van der Waals surface area (Å²) in [4.78, 5) is 26.0. The molecule has 2 N–H and O–H groups in total. The van der Waals surface area contributed by atoms with Crippen LogP contribution < -0.4 is 10.6 Å². The average molecular weight is 342 g/mol. The Bertz CT molecular complexity index is 782. The third kappa shape index (κ3) is 4.94. The molecule has 0 unspecified atom stereocenters. The molecule has 0 saturated heterocycles. The van der Waals surface area contributed by atoms with E-state index in [1.807, 2.05) is 32.0 Å². The molecular formula is C18H22N4O3. The lowest BCUT2D eigenvalue weighted by Gasteiger charge is -2.21. The van der Waals surface area contributed by atoms with E-state index in [4.69, 9.17) is 4.52 Å². The van der Waals surface area contributed by atoms with E-state index in [1.54, 1.807) is 19.1 Å². The van der Waals surface area contributed by atoms with E-state index in [0.29, 0.717) is 17.3 Å². The number of rotatable bonds is 6. The maximum Gasteiger partial charge on any atom is 0.322 e. The highest BCUT2D eigenvalue weighted by molar-refractivity contribution is 5.96. The second-order valence-electron chi connectivity index (χ2n) is 5.72. The summed E-state index contributed by atoms with van der Waals surface area (Å²) in [6, 6.07) is 6.89. The zero-order valence-electron chi connectivity index (χ0n) is 14.6. The quantitative estimate of drug-likeness (QED) is 0.789. The molecule has 0 bridgehead atoms. The molecule has 2 aromatic rings. The number of hydrogen-bond donors (Lipinski definition) is 2. The minimum absolute atomic E-state index is 0.130. The third-order valence-electron chi connectivity index (χ3n) is 3.71.